The molecule has 3 rings (SSSR count). The molecule has 0 fully saturated rings. The maximum Gasteiger partial charge on any atom is 0.435 e. The molecule has 0 radical (unpaired) electrons. The van der Waals surface area contributed by atoms with E-state index in [1.54, 1.807) is 25.1 Å². The number of likely N-dealkylation sites (N-methyl/N-ethyl adjacent to an activating group) is 1. The van der Waals surface area contributed by atoms with Gasteiger partial charge in [-0.2, -0.15) is 13.2 Å². The number of hydrogen-bond acceptors (Lipinski definition) is 4. The normalized spacial score (nSPS) is 12.8. The summed E-state index contributed by atoms with van der Waals surface area (Å²) in [5, 5.41) is 9.25. The van der Waals surface area contributed by atoms with Crippen molar-refractivity contribution in [3.8, 4) is 5.69 Å². The lowest BCUT2D eigenvalue weighted by Gasteiger charge is -2.25. The first-order chi connectivity index (χ1) is 14.6. The number of nitrogens with zero attached hydrogens (tertiary/aromatic N) is 4. The number of carbonyl (C=O) groups excluding carboxylic acids is 1. The predicted octanol–water partition coefficient (Wildman–Crippen LogP) is 3.60. The molecule has 6 nitrogen and oxygen atoms in total. The van der Waals surface area contributed by atoms with Crippen LogP contribution in [-0.4, -0.2) is 46.4 Å². The van der Waals surface area contributed by atoms with Crippen LogP contribution in [-0.2, 0) is 6.18 Å². The van der Waals surface area contributed by atoms with E-state index < -0.39 is 41.1 Å². The Kier molecular flexibility index (Phi) is 6.34. The highest BCUT2D eigenvalue weighted by atomic mass is 19.4. The zero-order chi connectivity index (χ0) is 22.8. The summed E-state index contributed by atoms with van der Waals surface area (Å²) in [6.45, 7) is -0.101. The van der Waals surface area contributed by atoms with Crippen molar-refractivity contribution >= 4 is 5.91 Å². The number of amides is 1. The average Bonchev–Trinajstić information content (AvgIpc) is 3.14. The Morgan fingerprint density at radius 1 is 1.10 bits per heavy atom. The van der Waals surface area contributed by atoms with Gasteiger partial charge in [0.2, 0.25) is 0 Å². The van der Waals surface area contributed by atoms with Crippen molar-refractivity contribution in [3.05, 3.63) is 77.1 Å². The molecule has 0 bridgehead atoms. The van der Waals surface area contributed by atoms with Crippen LogP contribution in [0.5, 0.6) is 0 Å². The Bertz CT molecular complexity index is 1060. The second-order valence-corrected chi connectivity index (χ2v) is 6.92. The molecular weight excluding hydrogens is 421 g/mol. The van der Waals surface area contributed by atoms with Crippen LogP contribution in [0.25, 0.3) is 5.69 Å². The molecular formula is C20H18F5N5O. The van der Waals surface area contributed by atoms with Gasteiger partial charge in [0.15, 0.2) is 11.4 Å². The lowest BCUT2D eigenvalue weighted by atomic mass is 10.1. The summed E-state index contributed by atoms with van der Waals surface area (Å²) in [7, 11) is 3.38. The number of rotatable bonds is 6. The SMILES string of the molecule is CN(C)C(CNC(=O)c1nnn(-c2ccc(F)cc2)c1C(F)(F)F)c1cccc(F)c1. The Morgan fingerprint density at radius 2 is 1.77 bits per heavy atom. The summed E-state index contributed by atoms with van der Waals surface area (Å²) >= 11 is 0. The van der Waals surface area contributed by atoms with Crippen molar-refractivity contribution in [2.45, 2.75) is 12.2 Å². The van der Waals surface area contributed by atoms with E-state index in [0.29, 0.717) is 10.2 Å². The molecule has 0 aliphatic rings. The summed E-state index contributed by atoms with van der Waals surface area (Å²) in [6, 6.07) is 9.31. The fourth-order valence-corrected chi connectivity index (χ4v) is 3.04. The topological polar surface area (TPSA) is 63.1 Å². The van der Waals surface area contributed by atoms with E-state index in [-0.39, 0.29) is 12.2 Å². The highest BCUT2D eigenvalue weighted by Gasteiger charge is 2.42. The number of nitrogens with one attached hydrogen (secondary N) is 1. The predicted molar refractivity (Wildman–Crippen MR) is 101 cm³/mol. The van der Waals surface area contributed by atoms with Gasteiger partial charge in [0.1, 0.15) is 11.6 Å². The molecule has 0 spiro atoms. The smallest absolute Gasteiger partial charge is 0.349 e. The summed E-state index contributed by atoms with van der Waals surface area (Å²) < 4.78 is 68.2. The molecule has 1 atom stereocenters. The van der Waals surface area contributed by atoms with Crippen LogP contribution in [0.15, 0.2) is 48.5 Å². The molecule has 3 aromatic rings. The first-order valence-corrected chi connectivity index (χ1v) is 9.07. The Morgan fingerprint density at radius 3 is 2.35 bits per heavy atom. The van der Waals surface area contributed by atoms with Gasteiger partial charge < -0.3 is 10.2 Å². The van der Waals surface area contributed by atoms with Crippen LogP contribution in [0.1, 0.15) is 27.8 Å². The number of alkyl halides is 3. The first-order valence-electron chi connectivity index (χ1n) is 9.07. The van der Waals surface area contributed by atoms with Crippen molar-refractivity contribution in [1.82, 2.24) is 25.2 Å². The lowest BCUT2D eigenvalue weighted by molar-refractivity contribution is -0.143. The van der Waals surface area contributed by atoms with E-state index >= 15 is 0 Å². The molecule has 2 aromatic carbocycles. The quantitative estimate of drug-likeness (QED) is 0.597. The van der Waals surface area contributed by atoms with Gasteiger partial charge in [-0.3, -0.25) is 4.79 Å². The van der Waals surface area contributed by atoms with Crippen LogP contribution in [0.2, 0.25) is 0 Å². The van der Waals surface area contributed by atoms with E-state index in [4.69, 9.17) is 0 Å². The molecule has 164 valence electrons. The van der Waals surface area contributed by atoms with Crippen LogP contribution in [0.3, 0.4) is 0 Å². The van der Waals surface area contributed by atoms with Crippen molar-refractivity contribution in [2.24, 2.45) is 0 Å². The number of hydrogen-bond donors (Lipinski definition) is 1. The molecule has 1 N–H and O–H groups in total. The van der Waals surface area contributed by atoms with Crippen LogP contribution in [0, 0.1) is 11.6 Å². The fourth-order valence-electron chi connectivity index (χ4n) is 3.04. The van der Waals surface area contributed by atoms with Gasteiger partial charge in [-0.05, 0) is 56.1 Å². The van der Waals surface area contributed by atoms with E-state index in [0.717, 1.165) is 24.3 Å². The van der Waals surface area contributed by atoms with Crippen LogP contribution >= 0.6 is 0 Å². The number of halogens is 5. The Hall–Kier alpha value is -3.34. The summed E-state index contributed by atoms with van der Waals surface area (Å²) in [5.74, 6) is -2.20. The van der Waals surface area contributed by atoms with Crippen molar-refractivity contribution in [2.75, 3.05) is 20.6 Å². The third-order valence-electron chi connectivity index (χ3n) is 4.54. The van der Waals surface area contributed by atoms with E-state index in [9.17, 15) is 26.7 Å². The van der Waals surface area contributed by atoms with E-state index in [2.05, 4.69) is 15.6 Å². The summed E-state index contributed by atoms with van der Waals surface area (Å²) in [6.07, 6.45) is -4.95. The standard InChI is InChI=1S/C20H18F5N5O/c1-29(2)16(12-4-3-5-14(22)10-12)11-26-19(31)17-18(20(23,24)25)30(28-27-17)15-8-6-13(21)7-9-15/h3-10,16H,11H2,1-2H3,(H,26,31). The average molecular weight is 439 g/mol. The molecule has 0 aliphatic carbocycles. The lowest BCUT2D eigenvalue weighted by Crippen LogP contribution is -2.35. The third-order valence-corrected chi connectivity index (χ3v) is 4.54. The number of aromatic nitrogens is 3. The van der Waals surface area contributed by atoms with Gasteiger partial charge >= 0.3 is 6.18 Å². The summed E-state index contributed by atoms with van der Waals surface area (Å²) in [4.78, 5) is 14.2. The molecule has 1 heterocycles. The van der Waals surface area contributed by atoms with E-state index in [1.807, 2.05) is 0 Å². The van der Waals surface area contributed by atoms with Gasteiger partial charge in [0.25, 0.3) is 5.91 Å². The zero-order valence-corrected chi connectivity index (χ0v) is 16.5. The summed E-state index contributed by atoms with van der Waals surface area (Å²) in [5.41, 5.74) is -1.88. The first kappa shape index (κ1) is 22.3. The molecule has 1 unspecified atom stereocenters. The van der Waals surface area contributed by atoms with Gasteiger partial charge in [0.05, 0.1) is 11.7 Å². The zero-order valence-electron chi connectivity index (χ0n) is 16.5. The molecule has 1 aromatic heterocycles. The van der Waals surface area contributed by atoms with Gasteiger partial charge in [-0.15, -0.1) is 5.10 Å². The molecule has 0 saturated carbocycles. The molecule has 31 heavy (non-hydrogen) atoms. The minimum Gasteiger partial charge on any atom is -0.349 e. The maximum atomic E-state index is 13.7. The monoisotopic (exact) mass is 439 g/mol. The molecule has 0 saturated heterocycles. The fraction of sp³-hybridized carbons (Fsp3) is 0.250. The number of carbonyl (C=O) groups is 1. The Labute approximate surface area is 174 Å². The number of benzene rings is 2. The third kappa shape index (κ3) is 5.05. The molecule has 0 aliphatic heterocycles. The largest absolute Gasteiger partial charge is 0.435 e. The van der Waals surface area contributed by atoms with E-state index in [1.165, 1.54) is 18.2 Å². The Balaban J connectivity index is 1.88. The van der Waals surface area contributed by atoms with Gasteiger partial charge in [-0.25, -0.2) is 13.5 Å². The minimum absolute atomic E-state index is 0.101. The van der Waals surface area contributed by atoms with Crippen LogP contribution < -0.4 is 5.32 Å². The second kappa shape index (κ2) is 8.80. The van der Waals surface area contributed by atoms with Crippen LogP contribution in [0.4, 0.5) is 22.0 Å². The van der Waals surface area contributed by atoms with Crippen molar-refractivity contribution in [3.63, 3.8) is 0 Å². The second-order valence-electron chi connectivity index (χ2n) is 6.92. The van der Waals surface area contributed by atoms with Gasteiger partial charge in [-0.1, -0.05) is 17.3 Å². The van der Waals surface area contributed by atoms with Crippen molar-refractivity contribution < 1.29 is 26.7 Å². The maximum absolute atomic E-state index is 13.7. The van der Waals surface area contributed by atoms with Gasteiger partial charge in [0, 0.05) is 6.54 Å². The molecule has 1 amide bonds. The molecule has 11 heteroatoms. The highest BCUT2D eigenvalue weighted by Crippen LogP contribution is 2.32. The minimum atomic E-state index is -4.95. The van der Waals surface area contributed by atoms with Crippen molar-refractivity contribution in [1.29, 1.82) is 0 Å². The highest BCUT2D eigenvalue weighted by molar-refractivity contribution is 5.93.